The first-order chi connectivity index (χ1) is 13.8. The number of aromatic amines is 1. The van der Waals surface area contributed by atoms with Crippen molar-refractivity contribution < 1.29 is 9.59 Å². The van der Waals surface area contributed by atoms with Gasteiger partial charge in [-0.25, -0.2) is 0 Å². The van der Waals surface area contributed by atoms with E-state index in [4.69, 9.17) is 0 Å². The van der Waals surface area contributed by atoms with Gasteiger partial charge in [0, 0.05) is 41.4 Å². The third-order valence-corrected chi connectivity index (χ3v) is 5.06. The summed E-state index contributed by atoms with van der Waals surface area (Å²) in [7, 11) is 0. The first-order valence-electron chi connectivity index (χ1n) is 9.83. The van der Waals surface area contributed by atoms with E-state index in [1.54, 1.807) is 12.1 Å². The van der Waals surface area contributed by atoms with Crippen LogP contribution >= 0.6 is 0 Å². The van der Waals surface area contributed by atoms with Gasteiger partial charge >= 0.3 is 0 Å². The molecule has 0 spiro atoms. The highest BCUT2D eigenvalue weighted by molar-refractivity contribution is 5.98. The number of benzene rings is 2. The maximum absolute atomic E-state index is 12.3. The average Bonchev–Trinajstić information content (AvgIpc) is 2.67. The lowest BCUT2D eigenvalue weighted by atomic mass is 10.0. The van der Waals surface area contributed by atoms with Crippen molar-refractivity contribution in [3.8, 4) is 0 Å². The van der Waals surface area contributed by atoms with Gasteiger partial charge in [-0.05, 0) is 50.5 Å². The molecule has 0 aliphatic rings. The van der Waals surface area contributed by atoms with E-state index in [-0.39, 0.29) is 30.1 Å². The van der Waals surface area contributed by atoms with Crippen LogP contribution in [0.2, 0.25) is 0 Å². The molecule has 0 atom stereocenters. The van der Waals surface area contributed by atoms with Crippen LogP contribution in [0.25, 0.3) is 10.9 Å². The van der Waals surface area contributed by atoms with E-state index in [0.29, 0.717) is 24.1 Å². The Morgan fingerprint density at radius 3 is 2.38 bits per heavy atom. The van der Waals surface area contributed by atoms with E-state index in [2.05, 4.69) is 16.4 Å². The molecule has 2 N–H and O–H groups in total. The highest BCUT2D eigenvalue weighted by Crippen LogP contribution is 2.18. The normalized spacial score (nSPS) is 10.9. The van der Waals surface area contributed by atoms with E-state index in [1.165, 1.54) is 0 Å². The average molecular weight is 390 g/mol. The second-order valence-corrected chi connectivity index (χ2v) is 7.56. The van der Waals surface area contributed by atoms with E-state index >= 15 is 0 Å². The van der Waals surface area contributed by atoms with Gasteiger partial charge in [-0.1, -0.05) is 35.9 Å². The molecule has 0 saturated carbocycles. The van der Waals surface area contributed by atoms with Crippen LogP contribution in [0, 0.1) is 20.8 Å². The molecule has 150 valence electrons. The monoisotopic (exact) mass is 390 g/mol. The Kier molecular flexibility index (Phi) is 6.27. The van der Waals surface area contributed by atoms with Gasteiger partial charge < -0.3 is 10.3 Å². The van der Waals surface area contributed by atoms with Gasteiger partial charge in [0.25, 0.3) is 5.56 Å². The topological polar surface area (TPSA) is 79.0 Å². The minimum Gasteiger partial charge on any atom is -0.356 e. The number of ketones is 1. The Bertz CT molecular complexity index is 1110. The van der Waals surface area contributed by atoms with Crippen molar-refractivity contribution in [2.45, 2.75) is 40.0 Å². The fraction of sp³-hybridized carbons (Fsp3) is 0.292. The first-order valence-corrected chi connectivity index (χ1v) is 9.83. The molecule has 1 aromatic heterocycles. The predicted molar refractivity (Wildman–Crippen MR) is 115 cm³/mol. The van der Waals surface area contributed by atoms with Crippen LogP contribution in [0.15, 0.2) is 47.3 Å². The molecule has 0 aliphatic carbocycles. The summed E-state index contributed by atoms with van der Waals surface area (Å²) in [5, 5.41) is 3.82. The van der Waals surface area contributed by atoms with Crippen LogP contribution in [0.5, 0.6) is 0 Å². The summed E-state index contributed by atoms with van der Waals surface area (Å²) >= 11 is 0. The third-order valence-electron chi connectivity index (χ3n) is 5.06. The van der Waals surface area contributed by atoms with Gasteiger partial charge in [0.15, 0.2) is 5.78 Å². The summed E-state index contributed by atoms with van der Waals surface area (Å²) in [6, 6.07) is 13.3. The van der Waals surface area contributed by atoms with Crippen LogP contribution in [0.1, 0.15) is 45.5 Å². The number of aryl methyl sites for hydroxylation is 3. The molecule has 0 bridgehead atoms. The summed E-state index contributed by atoms with van der Waals surface area (Å²) in [6.45, 7) is 6.34. The van der Waals surface area contributed by atoms with Crippen molar-refractivity contribution in [1.82, 2.24) is 10.3 Å². The van der Waals surface area contributed by atoms with Gasteiger partial charge in [0.05, 0.1) is 0 Å². The molecular weight excluding hydrogens is 364 g/mol. The molecule has 5 nitrogen and oxygen atoms in total. The zero-order valence-corrected chi connectivity index (χ0v) is 17.1. The first kappa shape index (κ1) is 20.5. The number of carbonyl (C=O) groups is 2. The molecule has 1 heterocycles. The van der Waals surface area contributed by atoms with E-state index in [0.717, 1.165) is 27.6 Å². The van der Waals surface area contributed by atoms with Gasteiger partial charge in [-0.3, -0.25) is 14.4 Å². The number of pyridine rings is 1. The Balaban J connectivity index is 1.53. The predicted octanol–water partition coefficient (Wildman–Crippen LogP) is 3.78. The number of fused-ring (bicyclic) bond motifs is 1. The summed E-state index contributed by atoms with van der Waals surface area (Å²) in [5.74, 6) is -0.230. The summed E-state index contributed by atoms with van der Waals surface area (Å²) in [4.78, 5) is 39.5. The number of hydrogen-bond donors (Lipinski definition) is 2. The number of carbonyl (C=O) groups excluding carboxylic acids is 2. The number of H-pyrrole nitrogens is 1. The van der Waals surface area contributed by atoms with Crippen LogP contribution in [0.4, 0.5) is 0 Å². The minimum atomic E-state index is -0.186. The number of Topliss-reactive ketones (excluding diaryl/α,β-unsaturated/α-hetero) is 1. The molecule has 29 heavy (non-hydrogen) atoms. The van der Waals surface area contributed by atoms with Gasteiger partial charge in [-0.15, -0.1) is 0 Å². The minimum absolute atomic E-state index is 0.0445. The van der Waals surface area contributed by atoms with Gasteiger partial charge in [0.2, 0.25) is 5.91 Å². The van der Waals surface area contributed by atoms with Crippen molar-refractivity contribution in [3.05, 3.63) is 80.6 Å². The maximum atomic E-state index is 12.3. The van der Waals surface area contributed by atoms with Crippen LogP contribution in [-0.4, -0.2) is 23.2 Å². The maximum Gasteiger partial charge on any atom is 0.251 e. The molecular formula is C24H26N2O3. The summed E-state index contributed by atoms with van der Waals surface area (Å²) in [5.41, 5.74) is 5.26. The van der Waals surface area contributed by atoms with Crippen LogP contribution in [-0.2, 0) is 11.2 Å². The Morgan fingerprint density at radius 2 is 1.66 bits per heavy atom. The second kappa shape index (κ2) is 8.86. The Hall–Kier alpha value is -3.21. The number of hydrogen-bond acceptors (Lipinski definition) is 3. The van der Waals surface area contributed by atoms with Crippen molar-refractivity contribution in [2.24, 2.45) is 0 Å². The summed E-state index contributed by atoms with van der Waals surface area (Å²) in [6.07, 6.45) is 0.749. The fourth-order valence-corrected chi connectivity index (χ4v) is 3.44. The molecule has 0 fully saturated rings. The van der Waals surface area contributed by atoms with E-state index in [9.17, 15) is 14.4 Å². The molecule has 1 amide bonds. The van der Waals surface area contributed by atoms with Gasteiger partial charge in [-0.2, -0.15) is 0 Å². The van der Waals surface area contributed by atoms with Gasteiger partial charge in [0.1, 0.15) is 0 Å². The lowest BCUT2D eigenvalue weighted by Crippen LogP contribution is -2.27. The van der Waals surface area contributed by atoms with Crippen LogP contribution in [0.3, 0.4) is 0 Å². The quantitative estimate of drug-likeness (QED) is 0.603. The highest BCUT2D eigenvalue weighted by Gasteiger charge is 2.10. The zero-order valence-electron chi connectivity index (χ0n) is 17.1. The molecule has 0 saturated heterocycles. The molecule has 3 aromatic rings. The molecule has 0 unspecified atom stereocenters. The van der Waals surface area contributed by atoms with E-state index in [1.807, 2.05) is 45.0 Å². The number of amides is 1. The molecule has 2 aromatic carbocycles. The molecule has 3 rings (SSSR count). The highest BCUT2D eigenvalue weighted by atomic mass is 16.2. The molecule has 5 heteroatoms. The van der Waals surface area contributed by atoms with Crippen molar-refractivity contribution in [2.75, 3.05) is 6.54 Å². The molecule has 0 aliphatic heterocycles. The zero-order chi connectivity index (χ0) is 21.0. The van der Waals surface area contributed by atoms with Crippen molar-refractivity contribution >= 4 is 22.6 Å². The lowest BCUT2D eigenvalue weighted by molar-refractivity contribution is -0.121. The van der Waals surface area contributed by atoms with Crippen molar-refractivity contribution in [3.63, 3.8) is 0 Å². The van der Waals surface area contributed by atoms with Crippen molar-refractivity contribution in [1.29, 1.82) is 0 Å². The number of aromatic nitrogens is 1. The molecule has 0 radical (unpaired) electrons. The SMILES string of the molecule is Cc1ccc(C(=O)CCC(=O)NCCc2cc3c(C)cc(C)cc3[nH]c2=O)cc1. The fourth-order valence-electron chi connectivity index (χ4n) is 3.44. The second-order valence-electron chi connectivity index (χ2n) is 7.56. The third kappa shape index (κ3) is 5.19. The Labute approximate surface area is 170 Å². The number of rotatable bonds is 7. The lowest BCUT2D eigenvalue weighted by Gasteiger charge is -2.08. The number of nitrogens with one attached hydrogen (secondary N) is 2. The largest absolute Gasteiger partial charge is 0.356 e. The van der Waals surface area contributed by atoms with Crippen LogP contribution < -0.4 is 10.9 Å². The van der Waals surface area contributed by atoms with E-state index < -0.39 is 0 Å². The summed E-state index contributed by atoms with van der Waals surface area (Å²) < 4.78 is 0. The smallest absolute Gasteiger partial charge is 0.251 e. The standard InChI is InChI=1S/C24H26N2O3/c1-15-4-6-18(7-5-15)22(27)8-9-23(28)25-11-10-19-14-20-17(3)12-16(2)13-21(20)26-24(19)29/h4-7,12-14H,8-11H2,1-3H3,(H,25,28)(H,26,29). The Morgan fingerprint density at radius 1 is 0.931 bits per heavy atom.